The number of likely N-dealkylation sites (tertiary alicyclic amines) is 1. The van der Waals surface area contributed by atoms with Crippen LogP contribution in [0.2, 0.25) is 0 Å². The molecule has 0 aliphatic carbocycles. The number of rotatable bonds is 4. The SMILES string of the molecule is Cc1ccc(C)c(NC(=O)[C@@H]2CC(=O)N([C@H](C)c3ccccc3)C2)c1. The van der Waals surface area contributed by atoms with Gasteiger partial charge in [-0.1, -0.05) is 42.5 Å². The van der Waals surface area contributed by atoms with Crippen LogP contribution in [-0.4, -0.2) is 23.3 Å². The highest BCUT2D eigenvalue weighted by molar-refractivity contribution is 5.97. The summed E-state index contributed by atoms with van der Waals surface area (Å²) in [5, 5.41) is 2.99. The lowest BCUT2D eigenvalue weighted by molar-refractivity contribution is -0.129. The molecule has 1 saturated heterocycles. The fourth-order valence-corrected chi connectivity index (χ4v) is 3.30. The Kier molecular flexibility index (Phi) is 4.88. The summed E-state index contributed by atoms with van der Waals surface area (Å²) in [6, 6.07) is 15.9. The summed E-state index contributed by atoms with van der Waals surface area (Å²) in [6.07, 6.45) is 0.272. The van der Waals surface area contributed by atoms with Gasteiger partial charge in [0.2, 0.25) is 11.8 Å². The fourth-order valence-electron chi connectivity index (χ4n) is 3.30. The van der Waals surface area contributed by atoms with E-state index in [4.69, 9.17) is 0 Å². The van der Waals surface area contributed by atoms with Crippen molar-refractivity contribution in [1.29, 1.82) is 0 Å². The first kappa shape index (κ1) is 17.2. The zero-order chi connectivity index (χ0) is 18.0. The van der Waals surface area contributed by atoms with E-state index < -0.39 is 0 Å². The molecule has 4 heteroatoms. The lowest BCUT2D eigenvalue weighted by Crippen LogP contribution is -2.30. The number of nitrogens with one attached hydrogen (secondary N) is 1. The molecule has 2 amide bonds. The van der Waals surface area contributed by atoms with Crippen LogP contribution in [0.25, 0.3) is 0 Å². The van der Waals surface area contributed by atoms with Crippen LogP contribution in [0.5, 0.6) is 0 Å². The van der Waals surface area contributed by atoms with Crippen LogP contribution in [0.3, 0.4) is 0 Å². The molecule has 0 saturated carbocycles. The van der Waals surface area contributed by atoms with Crippen LogP contribution >= 0.6 is 0 Å². The predicted molar refractivity (Wildman–Crippen MR) is 99.2 cm³/mol. The van der Waals surface area contributed by atoms with Gasteiger partial charge < -0.3 is 10.2 Å². The Morgan fingerprint density at radius 3 is 2.60 bits per heavy atom. The minimum Gasteiger partial charge on any atom is -0.335 e. The molecule has 0 radical (unpaired) electrons. The minimum absolute atomic E-state index is 0.0211. The van der Waals surface area contributed by atoms with E-state index in [1.807, 2.05) is 74.2 Å². The van der Waals surface area contributed by atoms with Gasteiger partial charge in [-0.2, -0.15) is 0 Å². The molecule has 130 valence electrons. The smallest absolute Gasteiger partial charge is 0.229 e. The molecular formula is C21H24N2O2. The Morgan fingerprint density at radius 2 is 1.88 bits per heavy atom. The average molecular weight is 336 g/mol. The van der Waals surface area contributed by atoms with E-state index in [9.17, 15) is 9.59 Å². The zero-order valence-corrected chi connectivity index (χ0v) is 15.0. The number of nitrogens with zero attached hydrogens (tertiary/aromatic N) is 1. The first-order valence-corrected chi connectivity index (χ1v) is 8.68. The number of hydrogen-bond donors (Lipinski definition) is 1. The van der Waals surface area contributed by atoms with Crippen LogP contribution in [-0.2, 0) is 9.59 Å². The third-order valence-electron chi connectivity index (χ3n) is 4.93. The lowest BCUT2D eigenvalue weighted by atomic mass is 10.1. The van der Waals surface area contributed by atoms with Crippen LogP contribution in [0.15, 0.2) is 48.5 Å². The number of hydrogen-bond acceptors (Lipinski definition) is 2. The molecule has 2 aromatic rings. The van der Waals surface area contributed by atoms with E-state index in [-0.39, 0.29) is 30.2 Å². The van der Waals surface area contributed by atoms with Crippen molar-refractivity contribution in [2.45, 2.75) is 33.2 Å². The molecule has 25 heavy (non-hydrogen) atoms. The number of benzene rings is 2. The predicted octanol–water partition coefficient (Wildman–Crippen LogP) is 3.85. The second kappa shape index (κ2) is 7.09. The van der Waals surface area contributed by atoms with Gasteiger partial charge in [0, 0.05) is 18.7 Å². The van der Waals surface area contributed by atoms with Gasteiger partial charge in [-0.15, -0.1) is 0 Å². The Labute approximate surface area is 148 Å². The van der Waals surface area contributed by atoms with Gasteiger partial charge in [-0.05, 0) is 43.5 Å². The molecule has 0 spiro atoms. The summed E-state index contributed by atoms with van der Waals surface area (Å²) in [5.41, 5.74) is 4.04. The van der Waals surface area contributed by atoms with E-state index in [0.29, 0.717) is 6.54 Å². The van der Waals surface area contributed by atoms with E-state index in [2.05, 4.69) is 5.32 Å². The van der Waals surface area contributed by atoms with Crippen molar-refractivity contribution < 1.29 is 9.59 Å². The quantitative estimate of drug-likeness (QED) is 0.922. The van der Waals surface area contributed by atoms with Crippen LogP contribution in [0, 0.1) is 19.8 Å². The minimum atomic E-state index is -0.307. The second-order valence-corrected chi connectivity index (χ2v) is 6.84. The molecule has 2 atom stereocenters. The molecule has 1 aliphatic heterocycles. The maximum atomic E-state index is 12.6. The molecule has 0 unspecified atom stereocenters. The first-order valence-electron chi connectivity index (χ1n) is 8.68. The Morgan fingerprint density at radius 1 is 1.16 bits per heavy atom. The van der Waals surface area contributed by atoms with Gasteiger partial charge in [0.25, 0.3) is 0 Å². The number of carbonyl (C=O) groups is 2. The summed E-state index contributed by atoms with van der Waals surface area (Å²) in [6.45, 7) is 6.44. The molecule has 2 aromatic carbocycles. The van der Waals surface area contributed by atoms with Gasteiger partial charge in [0.05, 0.1) is 12.0 Å². The highest BCUT2D eigenvalue weighted by atomic mass is 16.2. The van der Waals surface area contributed by atoms with Gasteiger partial charge in [0.1, 0.15) is 0 Å². The van der Waals surface area contributed by atoms with Gasteiger partial charge in [-0.3, -0.25) is 9.59 Å². The van der Waals surface area contributed by atoms with E-state index in [0.717, 1.165) is 22.4 Å². The van der Waals surface area contributed by atoms with E-state index in [1.165, 1.54) is 0 Å². The molecule has 0 aromatic heterocycles. The monoisotopic (exact) mass is 336 g/mol. The van der Waals surface area contributed by atoms with Gasteiger partial charge >= 0.3 is 0 Å². The van der Waals surface area contributed by atoms with Crippen LogP contribution in [0.4, 0.5) is 5.69 Å². The maximum Gasteiger partial charge on any atom is 0.229 e. The molecule has 1 aliphatic rings. The maximum absolute atomic E-state index is 12.6. The summed E-state index contributed by atoms with van der Waals surface area (Å²) >= 11 is 0. The Bertz CT molecular complexity index is 786. The lowest BCUT2D eigenvalue weighted by Gasteiger charge is -2.25. The molecule has 0 bridgehead atoms. The van der Waals surface area contributed by atoms with Crippen molar-refractivity contribution in [3.05, 3.63) is 65.2 Å². The van der Waals surface area contributed by atoms with Crippen molar-refractivity contribution in [3.63, 3.8) is 0 Å². The molecule has 3 rings (SSSR count). The van der Waals surface area contributed by atoms with Crippen molar-refractivity contribution in [2.75, 3.05) is 11.9 Å². The third kappa shape index (κ3) is 3.73. The standard InChI is InChI=1S/C21H24N2O2/c1-14-9-10-15(2)19(11-14)22-21(25)18-12-20(24)23(13-18)16(3)17-7-5-4-6-8-17/h4-11,16,18H,12-13H2,1-3H3,(H,22,25)/t16-,18-/m1/s1. The summed E-state index contributed by atoms with van der Waals surface area (Å²) in [5.74, 6) is -0.346. The molecule has 1 fully saturated rings. The van der Waals surface area contributed by atoms with E-state index in [1.54, 1.807) is 0 Å². The van der Waals surface area contributed by atoms with Crippen molar-refractivity contribution in [2.24, 2.45) is 5.92 Å². The normalized spacial score (nSPS) is 18.3. The van der Waals surface area contributed by atoms with Crippen molar-refractivity contribution in [1.82, 2.24) is 4.90 Å². The molecular weight excluding hydrogens is 312 g/mol. The van der Waals surface area contributed by atoms with Crippen molar-refractivity contribution in [3.8, 4) is 0 Å². The van der Waals surface area contributed by atoms with Crippen LogP contribution in [0.1, 0.15) is 36.1 Å². The number of anilines is 1. The number of amides is 2. The summed E-state index contributed by atoms with van der Waals surface area (Å²) < 4.78 is 0. The molecule has 4 nitrogen and oxygen atoms in total. The zero-order valence-electron chi connectivity index (χ0n) is 15.0. The highest BCUT2D eigenvalue weighted by Gasteiger charge is 2.37. The van der Waals surface area contributed by atoms with E-state index >= 15 is 0 Å². The summed E-state index contributed by atoms with van der Waals surface area (Å²) in [4.78, 5) is 26.9. The number of aryl methyl sites for hydroxylation is 2. The molecule has 1 N–H and O–H groups in total. The molecule has 1 heterocycles. The first-order chi connectivity index (χ1) is 12.0. The number of carbonyl (C=O) groups excluding carboxylic acids is 2. The second-order valence-electron chi connectivity index (χ2n) is 6.84. The summed E-state index contributed by atoms with van der Waals surface area (Å²) in [7, 11) is 0. The fraction of sp³-hybridized carbons (Fsp3) is 0.333. The third-order valence-corrected chi connectivity index (χ3v) is 4.93. The average Bonchev–Trinajstić information content (AvgIpc) is 3.00. The highest BCUT2D eigenvalue weighted by Crippen LogP contribution is 2.29. The largest absolute Gasteiger partial charge is 0.335 e. The van der Waals surface area contributed by atoms with Crippen molar-refractivity contribution >= 4 is 17.5 Å². The van der Waals surface area contributed by atoms with Gasteiger partial charge in [0.15, 0.2) is 0 Å². The van der Waals surface area contributed by atoms with Crippen LogP contribution < -0.4 is 5.32 Å². The Hall–Kier alpha value is -2.62. The topological polar surface area (TPSA) is 49.4 Å². The van der Waals surface area contributed by atoms with Gasteiger partial charge in [-0.25, -0.2) is 0 Å². The Balaban J connectivity index is 1.69.